The highest BCUT2D eigenvalue weighted by Crippen LogP contribution is 2.40. The predicted molar refractivity (Wildman–Crippen MR) is 146 cm³/mol. The number of benzene rings is 1. The summed E-state index contributed by atoms with van der Waals surface area (Å²) in [6, 6.07) is 2.96. The van der Waals surface area contributed by atoms with Gasteiger partial charge >= 0.3 is 0 Å². The number of Topliss-reactive ketones (excluding diaryl/α,β-unsaturated/α-hetero) is 1. The molecule has 0 bridgehead atoms. The van der Waals surface area contributed by atoms with Crippen LogP contribution in [0, 0.1) is 0 Å². The van der Waals surface area contributed by atoms with Crippen molar-refractivity contribution in [3.63, 3.8) is 0 Å². The molecule has 2 N–H and O–H groups in total. The highest BCUT2D eigenvalue weighted by molar-refractivity contribution is 7.86. The standard InChI is InChI=1S/C24H39N3O10S2/c1-2-3-4-5-8-13-35-22-18-20(21(28)11-6-7-12-26-27-25)19-23(36-14-9-16-38(29,30)31)24(22)37-15-10-17-39(32,33)34/h18-19H,2-17H2,1H3,(H,29,30,31)(H,32,33,34). The molecule has 0 heterocycles. The number of carbonyl (C=O) groups is 1. The van der Waals surface area contributed by atoms with Crippen LogP contribution in [0.2, 0.25) is 0 Å². The molecule has 0 saturated heterocycles. The van der Waals surface area contributed by atoms with E-state index in [1.165, 1.54) is 12.1 Å². The van der Waals surface area contributed by atoms with E-state index < -0.39 is 31.7 Å². The Bertz CT molecular complexity index is 1150. The molecule has 0 aliphatic rings. The van der Waals surface area contributed by atoms with Crippen LogP contribution in [0.3, 0.4) is 0 Å². The lowest BCUT2D eigenvalue weighted by molar-refractivity contribution is 0.0978. The van der Waals surface area contributed by atoms with Crippen LogP contribution < -0.4 is 14.2 Å². The first-order chi connectivity index (χ1) is 18.5. The van der Waals surface area contributed by atoms with Gasteiger partial charge in [0.05, 0.1) is 31.3 Å². The maximum absolute atomic E-state index is 12.9. The number of nitrogens with zero attached hydrogens (tertiary/aromatic N) is 3. The monoisotopic (exact) mass is 593 g/mol. The van der Waals surface area contributed by atoms with E-state index in [0.717, 1.165) is 32.1 Å². The van der Waals surface area contributed by atoms with E-state index in [4.69, 9.17) is 28.8 Å². The number of ketones is 1. The SMILES string of the molecule is CCCCCCCOc1cc(C(=O)CCCCN=[N+]=[N-])cc(OCCCS(=O)(=O)O)c1OCCCS(=O)(=O)O. The van der Waals surface area contributed by atoms with Crippen molar-refractivity contribution in [1.82, 2.24) is 0 Å². The van der Waals surface area contributed by atoms with Crippen molar-refractivity contribution in [2.24, 2.45) is 5.11 Å². The van der Waals surface area contributed by atoms with Gasteiger partial charge in [0, 0.05) is 23.4 Å². The summed E-state index contributed by atoms with van der Waals surface area (Å²) >= 11 is 0. The molecule has 0 aliphatic heterocycles. The molecule has 1 aromatic rings. The Morgan fingerprint density at radius 1 is 0.821 bits per heavy atom. The average Bonchev–Trinajstić information content (AvgIpc) is 2.85. The van der Waals surface area contributed by atoms with Crippen molar-refractivity contribution < 1.29 is 44.9 Å². The van der Waals surface area contributed by atoms with E-state index >= 15 is 0 Å². The van der Waals surface area contributed by atoms with Crippen LogP contribution in [0.15, 0.2) is 17.2 Å². The molecule has 0 amide bonds. The van der Waals surface area contributed by atoms with Crippen molar-refractivity contribution in [3.8, 4) is 17.2 Å². The Labute approximate surface area is 230 Å². The highest BCUT2D eigenvalue weighted by Gasteiger charge is 2.20. The first-order valence-corrected chi connectivity index (χ1v) is 16.2. The Kier molecular flexibility index (Phi) is 16.5. The molecule has 0 unspecified atom stereocenters. The molecule has 0 atom stereocenters. The fourth-order valence-electron chi connectivity index (χ4n) is 3.48. The van der Waals surface area contributed by atoms with E-state index in [-0.39, 0.29) is 67.6 Å². The normalized spacial score (nSPS) is 11.6. The van der Waals surface area contributed by atoms with Crippen LogP contribution in [-0.2, 0) is 20.2 Å². The summed E-state index contributed by atoms with van der Waals surface area (Å²) in [6.07, 6.45) is 6.08. The molecule has 0 aromatic heterocycles. The van der Waals surface area contributed by atoms with Gasteiger partial charge in [-0.25, -0.2) is 0 Å². The van der Waals surface area contributed by atoms with E-state index in [0.29, 0.717) is 19.4 Å². The zero-order chi connectivity index (χ0) is 29.2. The largest absolute Gasteiger partial charge is 0.490 e. The number of hydrogen-bond acceptors (Lipinski definition) is 9. The third-order valence-corrected chi connectivity index (χ3v) is 7.03. The fourth-order valence-corrected chi connectivity index (χ4v) is 4.44. The molecule has 0 aliphatic carbocycles. The molecule has 222 valence electrons. The maximum Gasteiger partial charge on any atom is 0.264 e. The summed E-state index contributed by atoms with van der Waals surface area (Å²) in [5.41, 5.74) is 8.66. The number of ether oxygens (including phenoxy) is 3. The van der Waals surface area contributed by atoms with Gasteiger partial charge in [0.25, 0.3) is 20.2 Å². The van der Waals surface area contributed by atoms with Crippen LogP contribution in [0.5, 0.6) is 17.2 Å². The van der Waals surface area contributed by atoms with E-state index in [1.807, 2.05) is 0 Å². The minimum absolute atomic E-state index is 0.0245. The van der Waals surface area contributed by atoms with Crippen molar-refractivity contribution in [3.05, 3.63) is 28.1 Å². The van der Waals surface area contributed by atoms with Crippen LogP contribution in [-0.4, -0.2) is 69.6 Å². The third kappa shape index (κ3) is 16.9. The summed E-state index contributed by atoms with van der Waals surface area (Å²) in [4.78, 5) is 15.6. The third-order valence-electron chi connectivity index (χ3n) is 5.42. The van der Waals surface area contributed by atoms with E-state index in [1.54, 1.807) is 0 Å². The zero-order valence-electron chi connectivity index (χ0n) is 22.3. The van der Waals surface area contributed by atoms with Gasteiger partial charge in [-0.05, 0) is 49.8 Å². The average molecular weight is 594 g/mol. The molecule has 15 heteroatoms. The van der Waals surface area contributed by atoms with Gasteiger partial charge < -0.3 is 14.2 Å². The van der Waals surface area contributed by atoms with Gasteiger partial charge in [-0.3, -0.25) is 13.9 Å². The molecule has 0 radical (unpaired) electrons. The Morgan fingerprint density at radius 2 is 1.36 bits per heavy atom. The van der Waals surface area contributed by atoms with Crippen LogP contribution in [0.25, 0.3) is 10.4 Å². The van der Waals surface area contributed by atoms with E-state index in [9.17, 15) is 21.6 Å². The molecule has 0 spiro atoms. The molecule has 39 heavy (non-hydrogen) atoms. The minimum atomic E-state index is -4.19. The smallest absolute Gasteiger partial charge is 0.264 e. The second-order valence-electron chi connectivity index (χ2n) is 8.88. The van der Waals surface area contributed by atoms with Gasteiger partial charge in [0.15, 0.2) is 17.3 Å². The van der Waals surface area contributed by atoms with Crippen molar-refractivity contribution in [2.45, 2.75) is 71.1 Å². The van der Waals surface area contributed by atoms with Crippen molar-refractivity contribution in [1.29, 1.82) is 0 Å². The quantitative estimate of drug-likeness (QED) is 0.0433. The first kappa shape index (κ1) is 34.4. The summed E-state index contributed by atoms with van der Waals surface area (Å²) in [7, 11) is -8.37. The molecular weight excluding hydrogens is 554 g/mol. The lowest BCUT2D eigenvalue weighted by Crippen LogP contribution is -2.12. The first-order valence-electron chi connectivity index (χ1n) is 13.0. The number of rotatable bonds is 23. The molecular formula is C24H39N3O10S2. The highest BCUT2D eigenvalue weighted by atomic mass is 32.2. The number of hydrogen-bond donors (Lipinski definition) is 2. The second-order valence-corrected chi connectivity index (χ2v) is 12.0. The molecule has 1 rings (SSSR count). The van der Waals surface area contributed by atoms with Crippen molar-refractivity contribution in [2.75, 3.05) is 37.9 Å². The summed E-state index contributed by atoms with van der Waals surface area (Å²) in [5.74, 6) is -0.838. The predicted octanol–water partition coefficient (Wildman–Crippen LogP) is 5.01. The lowest BCUT2D eigenvalue weighted by Gasteiger charge is -2.18. The van der Waals surface area contributed by atoms with Gasteiger partial charge in [0.1, 0.15) is 0 Å². The number of azide groups is 1. The topological polar surface area (TPSA) is 202 Å². The number of unbranched alkanes of at least 4 members (excludes halogenated alkanes) is 5. The van der Waals surface area contributed by atoms with Crippen LogP contribution >= 0.6 is 0 Å². The molecule has 0 saturated carbocycles. The summed E-state index contributed by atoms with van der Waals surface area (Å²) < 4.78 is 79.7. The Morgan fingerprint density at radius 3 is 1.90 bits per heavy atom. The molecule has 0 fully saturated rings. The van der Waals surface area contributed by atoms with E-state index in [2.05, 4.69) is 16.9 Å². The van der Waals surface area contributed by atoms with Gasteiger partial charge in [0.2, 0.25) is 5.75 Å². The van der Waals surface area contributed by atoms with Crippen LogP contribution in [0.4, 0.5) is 0 Å². The zero-order valence-corrected chi connectivity index (χ0v) is 23.9. The van der Waals surface area contributed by atoms with Gasteiger partial charge in [-0.2, -0.15) is 16.8 Å². The Hall–Kier alpha value is -2.58. The van der Waals surface area contributed by atoms with Gasteiger partial charge in [-0.1, -0.05) is 37.7 Å². The van der Waals surface area contributed by atoms with Crippen LogP contribution in [0.1, 0.15) is 81.5 Å². The summed E-state index contributed by atoms with van der Waals surface area (Å²) in [6.45, 7) is 2.48. The molecule has 1 aromatic carbocycles. The van der Waals surface area contributed by atoms with Crippen molar-refractivity contribution >= 4 is 26.0 Å². The van der Waals surface area contributed by atoms with Gasteiger partial charge in [-0.15, -0.1) is 0 Å². The second kappa shape index (κ2) is 18.7. The lowest BCUT2D eigenvalue weighted by atomic mass is 10.0. The molecule has 13 nitrogen and oxygen atoms in total. The Balaban J connectivity index is 3.17. The maximum atomic E-state index is 12.9. The summed E-state index contributed by atoms with van der Waals surface area (Å²) in [5, 5.41) is 3.45. The number of carbonyl (C=O) groups excluding carboxylic acids is 1. The fraction of sp³-hybridized carbons (Fsp3) is 0.708. The minimum Gasteiger partial charge on any atom is -0.490 e.